The predicted octanol–water partition coefficient (Wildman–Crippen LogP) is 5.56. The number of aryl methyl sites for hydroxylation is 1. The number of halogens is 1. The highest BCUT2D eigenvalue weighted by molar-refractivity contribution is 8.02. The summed E-state index contributed by atoms with van der Waals surface area (Å²) in [5.41, 5.74) is 1.37. The number of anilines is 2. The first kappa shape index (κ1) is 26.2. The summed E-state index contributed by atoms with van der Waals surface area (Å²) in [6.45, 7) is 3.74. The number of carbonyl (C=O) groups excluding carboxylic acids is 3. The molecule has 2 heterocycles. The van der Waals surface area contributed by atoms with Gasteiger partial charge in [0.05, 0.1) is 23.0 Å². The Labute approximate surface area is 220 Å². The van der Waals surface area contributed by atoms with Gasteiger partial charge in [-0.2, -0.15) is 0 Å². The number of benzene rings is 1. The van der Waals surface area contributed by atoms with E-state index in [1.165, 1.54) is 41.3 Å². The molecular weight excluding hydrogens is 523 g/mol. The van der Waals surface area contributed by atoms with Gasteiger partial charge < -0.3 is 10.1 Å². The molecule has 3 aromatic rings. The van der Waals surface area contributed by atoms with Crippen molar-refractivity contribution in [2.75, 3.05) is 17.2 Å². The lowest BCUT2D eigenvalue weighted by atomic mass is 10.1. The van der Waals surface area contributed by atoms with E-state index < -0.39 is 22.9 Å². The monoisotopic (exact) mass is 548 g/mol. The van der Waals surface area contributed by atoms with E-state index in [0.29, 0.717) is 14.9 Å². The van der Waals surface area contributed by atoms with Gasteiger partial charge in [0.1, 0.15) is 10.8 Å². The van der Waals surface area contributed by atoms with Crippen molar-refractivity contribution in [3.05, 3.63) is 51.7 Å². The van der Waals surface area contributed by atoms with Gasteiger partial charge in [0.2, 0.25) is 11.0 Å². The predicted molar refractivity (Wildman–Crippen MR) is 140 cm³/mol. The van der Waals surface area contributed by atoms with E-state index in [1.54, 1.807) is 19.9 Å². The fourth-order valence-corrected chi connectivity index (χ4v) is 6.96. The molecule has 2 amide bonds. The highest BCUT2D eigenvalue weighted by Gasteiger charge is 2.28. The Hall–Kier alpha value is -2.83. The van der Waals surface area contributed by atoms with Crippen LogP contribution in [0.1, 0.15) is 64.3 Å². The van der Waals surface area contributed by atoms with Crippen LogP contribution in [-0.2, 0) is 22.4 Å². The van der Waals surface area contributed by atoms with Crippen LogP contribution < -0.4 is 10.6 Å². The smallest absolute Gasteiger partial charge is 0.341 e. The molecule has 0 saturated carbocycles. The van der Waals surface area contributed by atoms with Gasteiger partial charge in [0.25, 0.3) is 5.91 Å². The van der Waals surface area contributed by atoms with Crippen molar-refractivity contribution in [2.45, 2.75) is 55.5 Å². The maximum absolute atomic E-state index is 13.8. The molecule has 2 aromatic heterocycles. The van der Waals surface area contributed by atoms with Gasteiger partial charge in [0, 0.05) is 4.88 Å². The van der Waals surface area contributed by atoms with Crippen LogP contribution in [0.25, 0.3) is 0 Å². The summed E-state index contributed by atoms with van der Waals surface area (Å²) in [7, 11) is 0. The van der Waals surface area contributed by atoms with E-state index in [9.17, 15) is 18.8 Å². The summed E-state index contributed by atoms with van der Waals surface area (Å²) in [5.74, 6) is -1.95. The van der Waals surface area contributed by atoms with Crippen molar-refractivity contribution in [1.29, 1.82) is 0 Å². The minimum Gasteiger partial charge on any atom is -0.462 e. The largest absolute Gasteiger partial charge is 0.462 e. The lowest BCUT2D eigenvalue weighted by molar-refractivity contribution is -0.115. The molecule has 1 aliphatic rings. The number of hydrogen-bond donors (Lipinski definition) is 2. The fraction of sp³-hybridized carbons (Fsp3) is 0.375. The number of thiophene rings is 1. The SMILES string of the molecule is CCOC(=O)c1c(NC(=O)C(C)Sc2nnc(NC(=O)c3ccccc3F)s2)sc2c1CCCCC2. The van der Waals surface area contributed by atoms with E-state index >= 15 is 0 Å². The molecule has 0 aliphatic heterocycles. The van der Waals surface area contributed by atoms with Crippen LogP contribution in [0.3, 0.4) is 0 Å². The maximum atomic E-state index is 13.8. The Kier molecular flexibility index (Phi) is 8.70. The molecule has 0 radical (unpaired) electrons. The minimum absolute atomic E-state index is 0.0959. The summed E-state index contributed by atoms with van der Waals surface area (Å²) in [5, 5.41) is 13.6. The van der Waals surface area contributed by atoms with Crippen LogP contribution in [0.4, 0.5) is 14.5 Å². The summed E-state index contributed by atoms with van der Waals surface area (Å²) in [6, 6.07) is 5.65. The second-order valence-corrected chi connectivity index (χ2v) is 11.7. The van der Waals surface area contributed by atoms with Gasteiger partial charge >= 0.3 is 5.97 Å². The van der Waals surface area contributed by atoms with Gasteiger partial charge in [0.15, 0.2) is 4.34 Å². The Bertz CT molecular complexity index is 1280. The standard InChI is InChI=1S/C24H25FN4O4S3/c1-3-33-22(32)18-15-10-5-4-6-12-17(15)35-21(18)26-19(30)13(2)34-24-29-28-23(36-24)27-20(31)14-9-7-8-11-16(14)25/h7-9,11,13H,3-6,10,12H2,1-2H3,(H,26,30)(H,27,28,31). The van der Waals surface area contributed by atoms with Crippen molar-refractivity contribution >= 4 is 62.4 Å². The van der Waals surface area contributed by atoms with Crippen molar-refractivity contribution < 1.29 is 23.5 Å². The van der Waals surface area contributed by atoms with Crippen LogP contribution in [-0.4, -0.2) is 39.8 Å². The number of carbonyl (C=O) groups is 3. The Morgan fingerprint density at radius 1 is 1.11 bits per heavy atom. The van der Waals surface area contributed by atoms with E-state index in [0.717, 1.165) is 53.9 Å². The van der Waals surface area contributed by atoms with E-state index in [-0.39, 0.29) is 23.2 Å². The first-order valence-corrected chi connectivity index (χ1v) is 14.1. The van der Waals surface area contributed by atoms with Gasteiger partial charge in [-0.25, -0.2) is 9.18 Å². The van der Waals surface area contributed by atoms with Gasteiger partial charge in [-0.05, 0) is 57.2 Å². The Morgan fingerprint density at radius 2 is 1.89 bits per heavy atom. The average molecular weight is 549 g/mol. The molecule has 12 heteroatoms. The maximum Gasteiger partial charge on any atom is 0.341 e. The fourth-order valence-electron chi connectivity index (χ4n) is 3.79. The summed E-state index contributed by atoms with van der Waals surface area (Å²) in [6.07, 6.45) is 4.86. The van der Waals surface area contributed by atoms with E-state index in [1.807, 2.05) is 0 Å². The van der Waals surface area contributed by atoms with Gasteiger partial charge in [-0.1, -0.05) is 41.7 Å². The molecule has 4 rings (SSSR count). The molecule has 2 N–H and O–H groups in total. The second kappa shape index (κ2) is 11.9. The summed E-state index contributed by atoms with van der Waals surface area (Å²) in [4.78, 5) is 39.2. The van der Waals surface area contributed by atoms with Crippen LogP contribution in [0, 0.1) is 5.82 Å². The lowest BCUT2D eigenvalue weighted by Crippen LogP contribution is -2.23. The number of aromatic nitrogens is 2. The number of ether oxygens (including phenoxy) is 1. The zero-order valence-corrected chi connectivity index (χ0v) is 22.2. The molecule has 1 atom stereocenters. The Morgan fingerprint density at radius 3 is 2.67 bits per heavy atom. The normalized spacial score (nSPS) is 13.9. The first-order chi connectivity index (χ1) is 17.4. The number of nitrogens with one attached hydrogen (secondary N) is 2. The highest BCUT2D eigenvalue weighted by atomic mass is 32.2. The van der Waals surface area contributed by atoms with Crippen molar-refractivity contribution in [3.8, 4) is 0 Å². The molecule has 1 aromatic carbocycles. The van der Waals surface area contributed by atoms with Crippen LogP contribution >= 0.6 is 34.4 Å². The molecule has 0 fully saturated rings. The zero-order chi connectivity index (χ0) is 25.7. The first-order valence-electron chi connectivity index (χ1n) is 11.6. The number of amides is 2. The molecule has 0 spiro atoms. The summed E-state index contributed by atoms with van der Waals surface area (Å²) < 4.78 is 19.6. The number of hydrogen-bond acceptors (Lipinski definition) is 9. The van der Waals surface area contributed by atoms with Crippen LogP contribution in [0.15, 0.2) is 28.6 Å². The number of fused-ring (bicyclic) bond motifs is 1. The molecule has 36 heavy (non-hydrogen) atoms. The molecular formula is C24H25FN4O4S3. The number of esters is 1. The molecule has 1 aliphatic carbocycles. The third kappa shape index (κ3) is 6.11. The second-order valence-electron chi connectivity index (χ2n) is 8.05. The number of rotatable bonds is 8. The Balaban J connectivity index is 1.42. The summed E-state index contributed by atoms with van der Waals surface area (Å²) >= 11 is 3.71. The zero-order valence-electron chi connectivity index (χ0n) is 19.8. The minimum atomic E-state index is -0.632. The topological polar surface area (TPSA) is 110 Å². The lowest BCUT2D eigenvalue weighted by Gasteiger charge is -2.11. The molecule has 190 valence electrons. The quantitative estimate of drug-likeness (QED) is 0.164. The van der Waals surface area contributed by atoms with E-state index in [4.69, 9.17) is 4.74 Å². The van der Waals surface area contributed by atoms with Crippen molar-refractivity contribution in [3.63, 3.8) is 0 Å². The van der Waals surface area contributed by atoms with Gasteiger partial charge in [-0.3, -0.25) is 14.9 Å². The average Bonchev–Trinajstić information content (AvgIpc) is 3.35. The highest BCUT2D eigenvalue weighted by Crippen LogP contribution is 2.39. The van der Waals surface area contributed by atoms with Gasteiger partial charge in [-0.15, -0.1) is 21.5 Å². The third-order valence-electron chi connectivity index (χ3n) is 5.53. The number of nitrogens with zero attached hydrogens (tertiary/aromatic N) is 2. The molecule has 8 nitrogen and oxygen atoms in total. The molecule has 0 bridgehead atoms. The van der Waals surface area contributed by atoms with Crippen LogP contribution in [0.2, 0.25) is 0 Å². The van der Waals surface area contributed by atoms with E-state index in [2.05, 4.69) is 20.8 Å². The van der Waals surface area contributed by atoms with Crippen LogP contribution in [0.5, 0.6) is 0 Å². The van der Waals surface area contributed by atoms with Crippen molar-refractivity contribution in [1.82, 2.24) is 10.2 Å². The number of thioether (sulfide) groups is 1. The van der Waals surface area contributed by atoms with Crippen molar-refractivity contribution in [2.24, 2.45) is 0 Å². The molecule has 1 unspecified atom stereocenters. The third-order valence-corrected chi connectivity index (χ3v) is 8.76. The molecule has 0 saturated heterocycles.